The Hall–Kier alpha value is -0.250. The molecule has 0 heterocycles. The number of benzene rings is 1. The van der Waals surface area contributed by atoms with Gasteiger partial charge in [-0.25, -0.2) is 0 Å². The maximum absolute atomic E-state index is 12.1. The normalized spacial score (nSPS) is 22.5. The van der Waals surface area contributed by atoms with Gasteiger partial charge in [-0.1, -0.05) is 18.0 Å². The maximum atomic E-state index is 12.1. The molecule has 2 unspecified atom stereocenters. The highest BCUT2D eigenvalue weighted by Gasteiger charge is 2.26. The van der Waals surface area contributed by atoms with Gasteiger partial charge in [0.1, 0.15) is 0 Å². The molecule has 0 saturated heterocycles. The number of hydrogen-bond donors (Lipinski definition) is 1. The van der Waals surface area contributed by atoms with E-state index in [1.807, 2.05) is 0 Å². The minimum absolute atomic E-state index is 0.0578. The number of nitrogens with one attached hydrogen (secondary N) is 1. The summed E-state index contributed by atoms with van der Waals surface area (Å²) in [5, 5.41) is 3.60. The number of amides is 1. The van der Waals surface area contributed by atoms with Gasteiger partial charge in [0.25, 0.3) is 5.91 Å². The summed E-state index contributed by atoms with van der Waals surface area (Å²) in [6.45, 7) is 0.705. The third-order valence-corrected chi connectivity index (χ3v) is 5.33. The number of carbonyl (C=O) groups excluding carboxylic acids is 1. The van der Waals surface area contributed by atoms with Crippen molar-refractivity contribution in [3.8, 4) is 0 Å². The molecule has 0 spiro atoms. The highest BCUT2D eigenvalue weighted by molar-refractivity contribution is 9.10. The number of halogens is 3. The number of rotatable bonds is 4. The van der Waals surface area contributed by atoms with Gasteiger partial charge in [0, 0.05) is 22.5 Å². The Labute approximate surface area is 132 Å². The van der Waals surface area contributed by atoms with Gasteiger partial charge < -0.3 is 5.32 Å². The Kier molecular flexibility index (Phi) is 5.55. The zero-order chi connectivity index (χ0) is 13.8. The molecule has 104 valence electrons. The molecule has 19 heavy (non-hydrogen) atoms. The van der Waals surface area contributed by atoms with Crippen molar-refractivity contribution in [3.63, 3.8) is 0 Å². The molecule has 1 aliphatic carbocycles. The van der Waals surface area contributed by atoms with E-state index in [2.05, 4.69) is 21.2 Å². The summed E-state index contributed by atoms with van der Waals surface area (Å²) < 4.78 is 0.737. The largest absolute Gasteiger partial charge is 0.352 e. The van der Waals surface area contributed by atoms with Crippen LogP contribution in [0, 0.1) is 11.8 Å². The smallest absolute Gasteiger partial charge is 0.251 e. The molecular formula is C14H16BrCl2NO. The van der Waals surface area contributed by atoms with Gasteiger partial charge in [-0.3, -0.25) is 4.79 Å². The topological polar surface area (TPSA) is 29.1 Å². The predicted molar refractivity (Wildman–Crippen MR) is 83.0 cm³/mol. The van der Waals surface area contributed by atoms with Crippen molar-refractivity contribution in [1.29, 1.82) is 0 Å². The predicted octanol–water partition coefficient (Wildman–Crippen LogP) is 4.49. The highest BCUT2D eigenvalue weighted by atomic mass is 79.9. The van der Waals surface area contributed by atoms with Crippen molar-refractivity contribution in [1.82, 2.24) is 5.32 Å². The van der Waals surface area contributed by atoms with Crippen molar-refractivity contribution in [2.45, 2.75) is 19.3 Å². The molecule has 0 radical (unpaired) electrons. The van der Waals surface area contributed by atoms with Crippen LogP contribution in [0.2, 0.25) is 5.02 Å². The summed E-state index contributed by atoms with van der Waals surface area (Å²) in [6, 6.07) is 5.19. The van der Waals surface area contributed by atoms with Gasteiger partial charge in [-0.2, -0.15) is 0 Å². The van der Waals surface area contributed by atoms with E-state index < -0.39 is 0 Å². The molecule has 1 aromatic rings. The fourth-order valence-corrected chi connectivity index (χ4v) is 3.45. The summed E-state index contributed by atoms with van der Waals surface area (Å²) in [6.07, 6.45) is 3.54. The van der Waals surface area contributed by atoms with Crippen LogP contribution in [-0.4, -0.2) is 18.3 Å². The monoisotopic (exact) mass is 363 g/mol. The Bertz CT molecular complexity index is 467. The first-order valence-corrected chi connectivity index (χ1v) is 8.11. The Morgan fingerprint density at radius 1 is 1.37 bits per heavy atom. The van der Waals surface area contributed by atoms with Crippen LogP contribution in [0.4, 0.5) is 0 Å². The minimum Gasteiger partial charge on any atom is -0.352 e. The van der Waals surface area contributed by atoms with Gasteiger partial charge in [0.15, 0.2) is 0 Å². The second kappa shape index (κ2) is 6.96. The van der Waals surface area contributed by atoms with Crippen molar-refractivity contribution < 1.29 is 4.79 Å². The minimum atomic E-state index is -0.0578. The van der Waals surface area contributed by atoms with E-state index in [0.717, 1.165) is 10.9 Å². The molecule has 1 aromatic carbocycles. The first-order chi connectivity index (χ1) is 9.11. The van der Waals surface area contributed by atoms with Crippen LogP contribution in [0.1, 0.15) is 29.6 Å². The molecule has 0 aliphatic heterocycles. The van der Waals surface area contributed by atoms with E-state index in [-0.39, 0.29) is 5.91 Å². The SMILES string of the molecule is O=C(NCC1CCCC1CCl)c1ccc(Cl)c(Br)c1. The Balaban J connectivity index is 1.92. The molecule has 1 amide bonds. The Morgan fingerprint density at radius 2 is 2.11 bits per heavy atom. The maximum Gasteiger partial charge on any atom is 0.251 e. The van der Waals surface area contributed by atoms with E-state index >= 15 is 0 Å². The average Bonchev–Trinajstić information content (AvgIpc) is 2.86. The molecule has 0 bridgehead atoms. The third kappa shape index (κ3) is 3.87. The first-order valence-electron chi connectivity index (χ1n) is 6.41. The van der Waals surface area contributed by atoms with Crippen LogP contribution >= 0.6 is 39.1 Å². The first kappa shape index (κ1) is 15.1. The number of hydrogen-bond acceptors (Lipinski definition) is 1. The summed E-state index contributed by atoms with van der Waals surface area (Å²) in [4.78, 5) is 12.1. The van der Waals surface area contributed by atoms with E-state index in [0.29, 0.717) is 34.8 Å². The molecule has 5 heteroatoms. The molecule has 1 N–H and O–H groups in total. The van der Waals surface area contributed by atoms with Crippen molar-refractivity contribution in [2.24, 2.45) is 11.8 Å². The van der Waals surface area contributed by atoms with Gasteiger partial charge >= 0.3 is 0 Å². The fraction of sp³-hybridized carbons (Fsp3) is 0.500. The lowest BCUT2D eigenvalue weighted by atomic mass is 9.98. The fourth-order valence-electron chi connectivity index (χ4n) is 2.55. The van der Waals surface area contributed by atoms with Crippen molar-refractivity contribution in [3.05, 3.63) is 33.3 Å². The molecule has 1 fully saturated rings. The molecule has 0 aromatic heterocycles. The number of alkyl halides is 1. The van der Waals surface area contributed by atoms with Crippen LogP contribution < -0.4 is 5.32 Å². The van der Waals surface area contributed by atoms with Crippen LogP contribution in [0.15, 0.2) is 22.7 Å². The Morgan fingerprint density at radius 3 is 2.79 bits per heavy atom. The lowest BCUT2D eigenvalue weighted by Crippen LogP contribution is -2.31. The quantitative estimate of drug-likeness (QED) is 0.783. The summed E-state index contributed by atoms with van der Waals surface area (Å²) in [5.41, 5.74) is 0.622. The van der Waals surface area contributed by atoms with Crippen LogP contribution in [0.3, 0.4) is 0 Å². The molecule has 2 nitrogen and oxygen atoms in total. The average molecular weight is 365 g/mol. The van der Waals surface area contributed by atoms with E-state index in [4.69, 9.17) is 23.2 Å². The third-order valence-electron chi connectivity index (χ3n) is 3.72. The van der Waals surface area contributed by atoms with Crippen LogP contribution in [-0.2, 0) is 0 Å². The lowest BCUT2D eigenvalue weighted by molar-refractivity contribution is 0.0944. The molecule has 2 rings (SSSR count). The van der Waals surface area contributed by atoms with Gasteiger partial charge in [-0.15, -0.1) is 11.6 Å². The molecular weight excluding hydrogens is 349 g/mol. The van der Waals surface area contributed by atoms with E-state index in [1.165, 1.54) is 12.8 Å². The van der Waals surface area contributed by atoms with Gasteiger partial charge in [-0.05, 0) is 58.8 Å². The van der Waals surface area contributed by atoms with Crippen molar-refractivity contribution in [2.75, 3.05) is 12.4 Å². The van der Waals surface area contributed by atoms with Crippen molar-refractivity contribution >= 4 is 45.0 Å². The summed E-state index contributed by atoms with van der Waals surface area (Å²) in [5.74, 6) is 1.68. The summed E-state index contributed by atoms with van der Waals surface area (Å²) >= 11 is 15.2. The van der Waals surface area contributed by atoms with Crippen LogP contribution in [0.5, 0.6) is 0 Å². The second-order valence-corrected chi connectivity index (χ2v) is 6.51. The van der Waals surface area contributed by atoms with Crippen LogP contribution in [0.25, 0.3) is 0 Å². The number of carbonyl (C=O) groups is 1. The summed E-state index contributed by atoms with van der Waals surface area (Å²) in [7, 11) is 0. The molecule has 1 saturated carbocycles. The zero-order valence-corrected chi connectivity index (χ0v) is 13.6. The molecule has 1 aliphatic rings. The van der Waals surface area contributed by atoms with E-state index in [9.17, 15) is 4.79 Å². The second-order valence-electron chi connectivity index (χ2n) is 4.94. The molecule has 2 atom stereocenters. The highest BCUT2D eigenvalue weighted by Crippen LogP contribution is 2.32. The standard InChI is InChI=1S/C14H16BrCl2NO/c15-12-6-9(4-5-13(12)17)14(19)18-8-11-3-1-2-10(11)7-16/h4-6,10-11H,1-3,7-8H2,(H,18,19). The van der Waals surface area contributed by atoms with Gasteiger partial charge in [0.2, 0.25) is 0 Å². The lowest BCUT2D eigenvalue weighted by Gasteiger charge is -2.17. The van der Waals surface area contributed by atoms with Gasteiger partial charge in [0.05, 0.1) is 5.02 Å². The van der Waals surface area contributed by atoms with E-state index in [1.54, 1.807) is 18.2 Å². The zero-order valence-electron chi connectivity index (χ0n) is 10.5.